The van der Waals surface area contributed by atoms with Gasteiger partial charge in [-0.2, -0.15) is 0 Å². The Morgan fingerprint density at radius 1 is 1.53 bits per heavy atom. The molecule has 0 aromatic carbocycles. The molecule has 0 aliphatic carbocycles. The van der Waals surface area contributed by atoms with Gasteiger partial charge in [0.15, 0.2) is 0 Å². The van der Waals surface area contributed by atoms with Crippen LogP contribution in [0.25, 0.3) is 0 Å². The van der Waals surface area contributed by atoms with Crippen LogP contribution in [0.3, 0.4) is 0 Å². The van der Waals surface area contributed by atoms with Crippen molar-refractivity contribution in [2.24, 2.45) is 5.92 Å². The molecule has 1 aromatic rings. The third kappa shape index (κ3) is 3.57. The highest BCUT2D eigenvalue weighted by molar-refractivity contribution is 5.95. The number of anilines is 1. The van der Waals surface area contributed by atoms with Gasteiger partial charge in [0, 0.05) is 19.3 Å². The third-order valence-corrected chi connectivity index (χ3v) is 3.12. The number of rotatable bonds is 4. The molecule has 1 aromatic heterocycles. The van der Waals surface area contributed by atoms with Gasteiger partial charge in [-0.3, -0.25) is 0 Å². The van der Waals surface area contributed by atoms with Crippen LogP contribution in [0.2, 0.25) is 0 Å². The van der Waals surface area contributed by atoms with E-state index in [2.05, 4.69) is 9.72 Å². The van der Waals surface area contributed by atoms with Crippen molar-refractivity contribution in [3.8, 4) is 5.88 Å². The molecule has 1 aliphatic rings. The first kappa shape index (κ1) is 13.6. The van der Waals surface area contributed by atoms with E-state index in [0.717, 1.165) is 26.1 Å². The molecule has 0 radical (unpaired) electrons. The van der Waals surface area contributed by atoms with Crippen molar-refractivity contribution in [2.75, 3.05) is 32.7 Å². The summed E-state index contributed by atoms with van der Waals surface area (Å²) in [5.41, 5.74) is 6.23. The highest BCUT2D eigenvalue weighted by Crippen LogP contribution is 2.20. The lowest BCUT2D eigenvalue weighted by molar-refractivity contribution is 0.0489. The number of aromatic nitrogens is 1. The van der Waals surface area contributed by atoms with Crippen LogP contribution in [-0.2, 0) is 9.47 Å². The SMILES string of the molecule is COC(=O)c1cc(OCC2CCOCC2)ncc1N. The van der Waals surface area contributed by atoms with Gasteiger partial charge in [-0.1, -0.05) is 0 Å². The Labute approximate surface area is 111 Å². The molecule has 0 bridgehead atoms. The molecule has 6 heteroatoms. The van der Waals surface area contributed by atoms with E-state index in [9.17, 15) is 4.79 Å². The van der Waals surface area contributed by atoms with Crippen LogP contribution in [0.4, 0.5) is 5.69 Å². The fourth-order valence-electron chi connectivity index (χ4n) is 1.93. The summed E-state index contributed by atoms with van der Waals surface area (Å²) in [5.74, 6) is 0.367. The van der Waals surface area contributed by atoms with Crippen molar-refractivity contribution in [1.82, 2.24) is 4.98 Å². The smallest absolute Gasteiger partial charge is 0.340 e. The van der Waals surface area contributed by atoms with Gasteiger partial charge in [-0.25, -0.2) is 9.78 Å². The van der Waals surface area contributed by atoms with Gasteiger partial charge in [-0.15, -0.1) is 0 Å². The van der Waals surface area contributed by atoms with E-state index >= 15 is 0 Å². The Bertz CT molecular complexity index is 444. The van der Waals surface area contributed by atoms with Crippen LogP contribution in [0.15, 0.2) is 12.3 Å². The first-order valence-corrected chi connectivity index (χ1v) is 6.25. The predicted molar refractivity (Wildman–Crippen MR) is 69.0 cm³/mol. The van der Waals surface area contributed by atoms with Crippen molar-refractivity contribution in [1.29, 1.82) is 0 Å². The monoisotopic (exact) mass is 266 g/mol. The van der Waals surface area contributed by atoms with E-state index in [1.54, 1.807) is 0 Å². The molecule has 1 fully saturated rings. The molecule has 2 heterocycles. The summed E-state index contributed by atoms with van der Waals surface area (Å²) in [6.07, 6.45) is 3.38. The van der Waals surface area contributed by atoms with E-state index in [0.29, 0.717) is 18.4 Å². The van der Waals surface area contributed by atoms with Crippen molar-refractivity contribution in [2.45, 2.75) is 12.8 Å². The number of hydrogen-bond donors (Lipinski definition) is 1. The van der Waals surface area contributed by atoms with Crippen molar-refractivity contribution in [3.05, 3.63) is 17.8 Å². The normalized spacial score (nSPS) is 16.1. The molecule has 1 aliphatic heterocycles. The number of hydrogen-bond acceptors (Lipinski definition) is 6. The number of carbonyl (C=O) groups is 1. The second-order valence-electron chi connectivity index (χ2n) is 4.47. The largest absolute Gasteiger partial charge is 0.477 e. The summed E-state index contributed by atoms with van der Waals surface area (Å²) < 4.78 is 15.5. The highest BCUT2D eigenvalue weighted by Gasteiger charge is 2.16. The molecular formula is C13H18N2O4. The van der Waals surface area contributed by atoms with Gasteiger partial charge in [0.1, 0.15) is 0 Å². The second kappa shape index (κ2) is 6.38. The number of pyridine rings is 1. The first-order chi connectivity index (χ1) is 9.20. The van der Waals surface area contributed by atoms with Gasteiger partial charge in [0.25, 0.3) is 0 Å². The zero-order valence-corrected chi connectivity index (χ0v) is 10.9. The van der Waals surface area contributed by atoms with Crippen LogP contribution in [0.5, 0.6) is 5.88 Å². The molecule has 0 amide bonds. The zero-order chi connectivity index (χ0) is 13.7. The number of carbonyl (C=O) groups excluding carboxylic acids is 1. The minimum atomic E-state index is -0.490. The van der Waals surface area contributed by atoms with Crippen molar-refractivity contribution < 1.29 is 19.0 Å². The fraction of sp³-hybridized carbons (Fsp3) is 0.538. The van der Waals surface area contributed by atoms with Crippen molar-refractivity contribution in [3.63, 3.8) is 0 Å². The van der Waals surface area contributed by atoms with Crippen molar-refractivity contribution >= 4 is 11.7 Å². The molecule has 2 N–H and O–H groups in total. The lowest BCUT2D eigenvalue weighted by atomic mass is 10.0. The second-order valence-corrected chi connectivity index (χ2v) is 4.47. The Balaban J connectivity index is 1.98. The van der Waals surface area contributed by atoms with Crippen LogP contribution in [0.1, 0.15) is 23.2 Å². The summed E-state index contributed by atoms with van der Waals surface area (Å²) >= 11 is 0. The number of ether oxygens (including phenoxy) is 3. The molecule has 19 heavy (non-hydrogen) atoms. The quantitative estimate of drug-likeness (QED) is 0.826. The average molecular weight is 266 g/mol. The molecular weight excluding hydrogens is 248 g/mol. The molecule has 1 saturated heterocycles. The van der Waals surface area contributed by atoms with E-state index in [-0.39, 0.29) is 11.3 Å². The van der Waals surface area contributed by atoms with Crippen LogP contribution in [-0.4, -0.2) is 37.9 Å². The number of nitrogens with zero attached hydrogens (tertiary/aromatic N) is 1. The lowest BCUT2D eigenvalue weighted by Crippen LogP contribution is -2.21. The number of methoxy groups -OCH3 is 1. The molecule has 2 rings (SSSR count). The molecule has 0 spiro atoms. The van der Waals surface area contributed by atoms with Gasteiger partial charge < -0.3 is 19.9 Å². The Morgan fingerprint density at radius 3 is 2.95 bits per heavy atom. The Kier molecular flexibility index (Phi) is 4.57. The summed E-state index contributed by atoms with van der Waals surface area (Å²) in [5, 5.41) is 0. The summed E-state index contributed by atoms with van der Waals surface area (Å²) in [6.45, 7) is 2.12. The summed E-state index contributed by atoms with van der Waals surface area (Å²) in [6, 6.07) is 1.51. The Hall–Kier alpha value is -1.82. The van der Waals surface area contributed by atoms with Crippen LogP contribution >= 0.6 is 0 Å². The lowest BCUT2D eigenvalue weighted by Gasteiger charge is -2.21. The standard InChI is InChI=1S/C13H18N2O4/c1-17-13(16)10-6-12(15-7-11(10)14)19-8-9-2-4-18-5-3-9/h6-7,9H,2-5,8,14H2,1H3. The van der Waals surface area contributed by atoms with Crippen LogP contribution in [0, 0.1) is 5.92 Å². The maximum absolute atomic E-state index is 11.5. The van der Waals surface area contributed by atoms with Gasteiger partial charge in [0.2, 0.25) is 5.88 Å². The third-order valence-electron chi connectivity index (χ3n) is 3.12. The minimum absolute atomic E-state index is 0.277. The predicted octanol–water partition coefficient (Wildman–Crippen LogP) is 1.26. The average Bonchev–Trinajstić information content (AvgIpc) is 2.46. The minimum Gasteiger partial charge on any atom is -0.477 e. The molecule has 0 atom stereocenters. The van der Waals surface area contributed by atoms with E-state index in [4.69, 9.17) is 15.2 Å². The van der Waals surface area contributed by atoms with E-state index < -0.39 is 5.97 Å². The van der Waals surface area contributed by atoms with E-state index in [1.807, 2.05) is 0 Å². The molecule has 0 unspecified atom stereocenters. The van der Waals surface area contributed by atoms with E-state index in [1.165, 1.54) is 19.4 Å². The van der Waals surface area contributed by atoms with Crippen LogP contribution < -0.4 is 10.5 Å². The maximum Gasteiger partial charge on any atom is 0.340 e. The molecule has 6 nitrogen and oxygen atoms in total. The fourth-order valence-corrected chi connectivity index (χ4v) is 1.93. The topological polar surface area (TPSA) is 83.7 Å². The summed E-state index contributed by atoms with van der Waals surface area (Å²) in [4.78, 5) is 15.5. The van der Waals surface area contributed by atoms with Gasteiger partial charge in [0.05, 0.1) is 31.2 Å². The highest BCUT2D eigenvalue weighted by atomic mass is 16.5. The number of nitrogens with two attached hydrogens (primary N) is 1. The van der Waals surface area contributed by atoms with Gasteiger partial charge >= 0.3 is 5.97 Å². The first-order valence-electron chi connectivity index (χ1n) is 6.25. The maximum atomic E-state index is 11.5. The Morgan fingerprint density at radius 2 is 2.26 bits per heavy atom. The molecule has 0 saturated carbocycles. The number of nitrogen functional groups attached to an aromatic ring is 1. The zero-order valence-electron chi connectivity index (χ0n) is 10.9. The summed E-state index contributed by atoms with van der Waals surface area (Å²) in [7, 11) is 1.31. The molecule has 104 valence electrons. The number of esters is 1. The van der Waals surface area contributed by atoms with Gasteiger partial charge in [-0.05, 0) is 18.8 Å².